The van der Waals surface area contributed by atoms with Gasteiger partial charge in [-0.05, 0) is 90.6 Å². The van der Waals surface area contributed by atoms with Gasteiger partial charge in [-0.25, -0.2) is 0 Å². The van der Waals surface area contributed by atoms with Crippen LogP contribution >= 0.6 is 0 Å². The third-order valence-corrected chi connectivity index (χ3v) is 5.03. The Kier molecular flexibility index (Phi) is 9.26. The minimum Gasteiger partial charge on any atom is -0.493 e. The van der Waals surface area contributed by atoms with Gasteiger partial charge >= 0.3 is 0 Å². The maximum absolute atomic E-state index is 5.89. The van der Waals surface area contributed by atoms with E-state index >= 15 is 0 Å². The van der Waals surface area contributed by atoms with Gasteiger partial charge in [-0.1, -0.05) is 41.5 Å². The monoisotopic (exact) mass is 461 g/mol. The molecule has 0 spiro atoms. The van der Waals surface area contributed by atoms with E-state index in [2.05, 4.69) is 82.8 Å². The fourth-order valence-electron chi connectivity index (χ4n) is 3.31. The van der Waals surface area contributed by atoms with E-state index in [-0.39, 0.29) is 0 Å². The highest BCUT2D eigenvalue weighted by molar-refractivity contribution is 5.77. The number of benzene rings is 3. The second kappa shape index (κ2) is 12.4. The minimum absolute atomic E-state index is 0.490. The maximum Gasteiger partial charge on any atom is 0.119 e. The Morgan fingerprint density at radius 3 is 0.882 bits per heavy atom. The first-order valence-corrected chi connectivity index (χ1v) is 12.3. The van der Waals surface area contributed by atoms with Gasteiger partial charge in [0.05, 0.1) is 19.8 Å². The average molecular weight is 462 g/mol. The number of nitrogens with zero attached hydrogens (tertiary/aromatic N) is 1. The molecule has 0 aliphatic heterocycles. The molecule has 0 radical (unpaired) electrons. The smallest absolute Gasteiger partial charge is 0.119 e. The first-order valence-electron chi connectivity index (χ1n) is 12.3. The van der Waals surface area contributed by atoms with Crippen LogP contribution in [0.5, 0.6) is 17.2 Å². The molecule has 0 amide bonds. The van der Waals surface area contributed by atoms with Gasteiger partial charge in [-0.15, -0.1) is 0 Å². The van der Waals surface area contributed by atoms with Gasteiger partial charge in [-0.2, -0.15) is 0 Å². The zero-order valence-corrected chi connectivity index (χ0v) is 21.5. The van der Waals surface area contributed by atoms with Crippen molar-refractivity contribution < 1.29 is 14.2 Å². The van der Waals surface area contributed by atoms with Crippen LogP contribution in [-0.2, 0) is 0 Å². The van der Waals surface area contributed by atoms with E-state index in [0.29, 0.717) is 37.6 Å². The summed E-state index contributed by atoms with van der Waals surface area (Å²) in [6.45, 7) is 15.0. The van der Waals surface area contributed by atoms with Crippen molar-refractivity contribution >= 4 is 17.1 Å². The standard InChI is InChI=1S/C30H39NO3/c1-22(2)19-32-28-13-7-25(8-14-28)31(26-9-15-29(16-10-26)33-20-23(3)4)27-11-17-30(18-12-27)34-21-24(5)6/h7-18,22-24H,19-21H2,1-6H3. The van der Waals surface area contributed by atoms with Crippen molar-refractivity contribution in [3.05, 3.63) is 72.8 Å². The lowest BCUT2D eigenvalue weighted by atomic mass is 10.1. The van der Waals surface area contributed by atoms with Gasteiger partial charge in [-0.3, -0.25) is 0 Å². The van der Waals surface area contributed by atoms with Crippen molar-refractivity contribution in [1.29, 1.82) is 0 Å². The van der Waals surface area contributed by atoms with Gasteiger partial charge in [0, 0.05) is 17.1 Å². The molecular formula is C30H39NO3. The van der Waals surface area contributed by atoms with E-state index in [1.807, 2.05) is 36.4 Å². The Morgan fingerprint density at radius 1 is 0.441 bits per heavy atom. The Bertz CT molecular complexity index is 845. The van der Waals surface area contributed by atoms with Crippen molar-refractivity contribution in [2.24, 2.45) is 17.8 Å². The largest absolute Gasteiger partial charge is 0.493 e. The van der Waals surface area contributed by atoms with Crippen LogP contribution in [0, 0.1) is 17.8 Å². The topological polar surface area (TPSA) is 30.9 Å². The van der Waals surface area contributed by atoms with Crippen LogP contribution in [0.1, 0.15) is 41.5 Å². The second-order valence-electron chi connectivity index (χ2n) is 9.93. The number of hydrogen-bond donors (Lipinski definition) is 0. The zero-order chi connectivity index (χ0) is 24.5. The first kappa shape index (κ1) is 25.5. The van der Waals surface area contributed by atoms with Crippen molar-refractivity contribution in [2.75, 3.05) is 24.7 Å². The second-order valence-corrected chi connectivity index (χ2v) is 9.93. The quantitative estimate of drug-likeness (QED) is 0.272. The summed E-state index contributed by atoms with van der Waals surface area (Å²) in [5, 5.41) is 0. The van der Waals surface area contributed by atoms with Crippen molar-refractivity contribution in [1.82, 2.24) is 0 Å². The highest BCUT2D eigenvalue weighted by Crippen LogP contribution is 2.37. The Balaban J connectivity index is 1.87. The van der Waals surface area contributed by atoms with E-state index < -0.39 is 0 Å². The average Bonchev–Trinajstić information content (AvgIpc) is 2.82. The summed E-state index contributed by atoms with van der Waals surface area (Å²) in [4.78, 5) is 2.23. The summed E-state index contributed by atoms with van der Waals surface area (Å²) in [7, 11) is 0. The van der Waals surface area contributed by atoms with Crippen LogP contribution in [0.15, 0.2) is 72.8 Å². The van der Waals surface area contributed by atoms with Crippen LogP contribution in [0.2, 0.25) is 0 Å². The fraction of sp³-hybridized carbons (Fsp3) is 0.400. The predicted molar refractivity (Wildman–Crippen MR) is 142 cm³/mol. The van der Waals surface area contributed by atoms with Gasteiger partial charge in [0.15, 0.2) is 0 Å². The molecule has 0 aliphatic carbocycles. The van der Waals surface area contributed by atoms with Crippen molar-refractivity contribution in [3.63, 3.8) is 0 Å². The van der Waals surface area contributed by atoms with Gasteiger partial charge in [0.25, 0.3) is 0 Å². The molecule has 0 unspecified atom stereocenters. The third kappa shape index (κ3) is 7.72. The highest BCUT2D eigenvalue weighted by atomic mass is 16.5. The van der Waals surface area contributed by atoms with E-state index in [0.717, 1.165) is 34.3 Å². The van der Waals surface area contributed by atoms with Gasteiger partial charge in [0.1, 0.15) is 17.2 Å². The summed E-state index contributed by atoms with van der Waals surface area (Å²) in [5.74, 6) is 4.11. The molecule has 3 aromatic rings. The van der Waals surface area contributed by atoms with Crippen LogP contribution in [0.4, 0.5) is 17.1 Å². The normalized spacial score (nSPS) is 11.2. The molecule has 0 saturated heterocycles. The molecule has 4 nitrogen and oxygen atoms in total. The summed E-state index contributed by atoms with van der Waals surface area (Å²) >= 11 is 0. The lowest BCUT2D eigenvalue weighted by molar-refractivity contribution is 0.271. The fourth-order valence-corrected chi connectivity index (χ4v) is 3.31. The molecule has 0 saturated carbocycles. The van der Waals surface area contributed by atoms with Crippen LogP contribution in [-0.4, -0.2) is 19.8 Å². The summed E-state index contributed by atoms with van der Waals surface area (Å²) in [6, 6.07) is 24.8. The lowest BCUT2D eigenvalue weighted by Gasteiger charge is -2.26. The zero-order valence-electron chi connectivity index (χ0n) is 21.5. The van der Waals surface area contributed by atoms with Gasteiger partial charge < -0.3 is 19.1 Å². The molecule has 0 fully saturated rings. The van der Waals surface area contributed by atoms with Crippen molar-refractivity contribution in [3.8, 4) is 17.2 Å². The van der Waals surface area contributed by atoms with Crippen LogP contribution < -0.4 is 19.1 Å². The van der Waals surface area contributed by atoms with E-state index in [4.69, 9.17) is 14.2 Å². The summed E-state index contributed by atoms with van der Waals surface area (Å²) in [5.41, 5.74) is 3.18. The number of rotatable bonds is 12. The lowest BCUT2D eigenvalue weighted by Crippen LogP contribution is -2.11. The molecule has 0 heterocycles. The number of hydrogen-bond acceptors (Lipinski definition) is 4. The summed E-state index contributed by atoms with van der Waals surface area (Å²) < 4.78 is 17.7. The molecule has 0 aliphatic rings. The number of anilines is 3. The SMILES string of the molecule is CC(C)COc1ccc(N(c2ccc(OCC(C)C)cc2)c2ccc(OCC(C)C)cc2)cc1. The Hall–Kier alpha value is -3.14. The molecule has 3 aromatic carbocycles. The molecule has 4 heteroatoms. The van der Waals surface area contributed by atoms with E-state index in [1.54, 1.807) is 0 Å². The Morgan fingerprint density at radius 2 is 0.676 bits per heavy atom. The molecule has 0 aromatic heterocycles. The molecular weight excluding hydrogens is 422 g/mol. The first-order chi connectivity index (χ1) is 16.3. The summed E-state index contributed by atoms with van der Waals surface area (Å²) in [6.07, 6.45) is 0. The molecule has 34 heavy (non-hydrogen) atoms. The molecule has 0 bridgehead atoms. The van der Waals surface area contributed by atoms with Crippen LogP contribution in [0.3, 0.4) is 0 Å². The third-order valence-electron chi connectivity index (χ3n) is 5.03. The van der Waals surface area contributed by atoms with Crippen molar-refractivity contribution in [2.45, 2.75) is 41.5 Å². The minimum atomic E-state index is 0.490. The highest BCUT2D eigenvalue weighted by Gasteiger charge is 2.14. The molecule has 0 atom stereocenters. The van der Waals surface area contributed by atoms with E-state index in [1.165, 1.54) is 0 Å². The number of ether oxygens (including phenoxy) is 3. The molecule has 0 N–H and O–H groups in total. The van der Waals surface area contributed by atoms with Gasteiger partial charge in [0.2, 0.25) is 0 Å². The molecule has 3 rings (SSSR count). The van der Waals surface area contributed by atoms with Crippen LogP contribution in [0.25, 0.3) is 0 Å². The Labute approximate surface area is 205 Å². The molecule has 182 valence electrons. The van der Waals surface area contributed by atoms with E-state index in [9.17, 15) is 0 Å². The predicted octanol–water partition coefficient (Wildman–Crippen LogP) is 8.26. The maximum atomic E-state index is 5.89.